The number of aromatic nitrogens is 2. The zero-order valence-corrected chi connectivity index (χ0v) is 16.1. The van der Waals surface area contributed by atoms with Gasteiger partial charge in [-0.1, -0.05) is 0 Å². The summed E-state index contributed by atoms with van der Waals surface area (Å²) in [4.78, 5) is 17.1. The molecule has 1 atom stereocenters. The molecule has 0 aromatic carbocycles. The molecule has 3 rings (SSSR count). The van der Waals surface area contributed by atoms with E-state index in [9.17, 15) is 0 Å². The normalized spacial score (nSPS) is 18.3. The van der Waals surface area contributed by atoms with Gasteiger partial charge in [-0.3, -0.25) is 4.90 Å². The quantitative estimate of drug-likeness (QED) is 0.776. The first-order valence-corrected chi connectivity index (χ1v) is 9.33. The Kier molecular flexibility index (Phi) is 5.18. The summed E-state index contributed by atoms with van der Waals surface area (Å²) >= 11 is 5.36. The van der Waals surface area contributed by atoms with Crippen LogP contribution in [0.2, 0.25) is 0 Å². The van der Waals surface area contributed by atoms with Crippen molar-refractivity contribution < 1.29 is 0 Å². The Morgan fingerprint density at radius 3 is 2.83 bits per heavy atom. The maximum Gasteiger partial charge on any atom is 0.226 e. The molecule has 0 spiro atoms. The lowest BCUT2D eigenvalue weighted by atomic mass is 10.2. The Labute approximate surface area is 150 Å². The van der Waals surface area contributed by atoms with E-state index in [1.165, 1.54) is 15.1 Å². The Balaban J connectivity index is 1.63. The minimum absolute atomic E-state index is 0.503. The fourth-order valence-electron chi connectivity index (χ4n) is 2.87. The second-order valence-corrected chi connectivity index (χ2v) is 8.65. The van der Waals surface area contributed by atoms with Crippen molar-refractivity contribution in [3.8, 4) is 0 Å². The van der Waals surface area contributed by atoms with Crippen molar-refractivity contribution in [1.29, 1.82) is 0 Å². The number of nitrogens with zero attached hydrogens (tertiary/aromatic N) is 5. The first-order chi connectivity index (χ1) is 11.0. The van der Waals surface area contributed by atoms with Gasteiger partial charge in [0.05, 0.1) is 3.79 Å². The van der Waals surface area contributed by atoms with Gasteiger partial charge in [-0.25, -0.2) is 4.98 Å². The molecule has 2 aromatic heterocycles. The highest BCUT2D eigenvalue weighted by Crippen LogP contribution is 2.26. The zero-order chi connectivity index (χ0) is 16.4. The fraction of sp³-hybridized carbons (Fsp3) is 0.500. The molecule has 1 fully saturated rings. The average molecular weight is 396 g/mol. The molecule has 1 unspecified atom stereocenters. The molecular formula is C16H22BrN5S. The summed E-state index contributed by atoms with van der Waals surface area (Å²) in [5.41, 5.74) is 0. The SMILES string of the molecule is CN(C)c1nccc(N(C)C2CCN(Cc3ccc(Br)s3)C2)n1. The van der Waals surface area contributed by atoms with Crippen LogP contribution in [0.5, 0.6) is 0 Å². The number of hydrogen-bond acceptors (Lipinski definition) is 6. The Bertz CT molecular complexity index is 659. The minimum atomic E-state index is 0.503. The molecule has 5 nitrogen and oxygen atoms in total. The smallest absolute Gasteiger partial charge is 0.226 e. The van der Waals surface area contributed by atoms with Gasteiger partial charge < -0.3 is 9.80 Å². The van der Waals surface area contributed by atoms with E-state index in [0.717, 1.165) is 31.4 Å². The molecule has 1 aliphatic heterocycles. The molecule has 1 aliphatic rings. The van der Waals surface area contributed by atoms with Crippen LogP contribution in [0.25, 0.3) is 0 Å². The summed E-state index contributed by atoms with van der Waals surface area (Å²) in [6.07, 6.45) is 3.01. The first kappa shape index (κ1) is 16.7. The number of likely N-dealkylation sites (tertiary alicyclic amines) is 1. The van der Waals surface area contributed by atoms with Gasteiger partial charge >= 0.3 is 0 Å². The van der Waals surface area contributed by atoms with Gasteiger partial charge in [0.15, 0.2) is 0 Å². The summed E-state index contributed by atoms with van der Waals surface area (Å²) in [6, 6.07) is 6.83. The van der Waals surface area contributed by atoms with E-state index in [1.807, 2.05) is 42.6 Å². The van der Waals surface area contributed by atoms with Gasteiger partial charge in [-0.2, -0.15) is 4.98 Å². The zero-order valence-electron chi connectivity index (χ0n) is 13.7. The lowest BCUT2D eigenvalue weighted by Crippen LogP contribution is -2.35. The van der Waals surface area contributed by atoms with Gasteiger partial charge in [0.1, 0.15) is 5.82 Å². The molecule has 0 saturated carbocycles. The lowest BCUT2D eigenvalue weighted by Gasteiger charge is -2.26. The number of thiophene rings is 1. The third-order valence-electron chi connectivity index (χ3n) is 4.19. The average Bonchev–Trinajstić information content (AvgIpc) is 3.16. The van der Waals surface area contributed by atoms with Crippen molar-refractivity contribution in [2.45, 2.75) is 19.0 Å². The molecule has 0 N–H and O–H groups in total. The van der Waals surface area contributed by atoms with Crippen LogP contribution in [0.15, 0.2) is 28.2 Å². The first-order valence-electron chi connectivity index (χ1n) is 7.72. The summed E-state index contributed by atoms with van der Waals surface area (Å²) < 4.78 is 1.21. The fourth-order valence-corrected chi connectivity index (χ4v) is 4.39. The maximum absolute atomic E-state index is 4.65. The van der Waals surface area contributed by atoms with E-state index in [4.69, 9.17) is 0 Å². The van der Waals surface area contributed by atoms with Crippen LogP contribution < -0.4 is 9.80 Å². The number of rotatable bonds is 5. The van der Waals surface area contributed by atoms with Crippen molar-refractivity contribution in [2.24, 2.45) is 0 Å². The summed E-state index contributed by atoms with van der Waals surface area (Å²) in [6.45, 7) is 3.25. The van der Waals surface area contributed by atoms with Crippen LogP contribution in [0.1, 0.15) is 11.3 Å². The van der Waals surface area contributed by atoms with Crippen molar-refractivity contribution >= 4 is 39.0 Å². The van der Waals surface area contributed by atoms with E-state index < -0.39 is 0 Å². The Hall–Kier alpha value is -1.18. The predicted molar refractivity (Wildman–Crippen MR) is 100 cm³/mol. The monoisotopic (exact) mass is 395 g/mol. The van der Waals surface area contributed by atoms with Gasteiger partial charge in [-0.15, -0.1) is 11.3 Å². The van der Waals surface area contributed by atoms with Crippen LogP contribution >= 0.6 is 27.3 Å². The van der Waals surface area contributed by atoms with Crippen LogP contribution in [0, 0.1) is 0 Å². The third kappa shape index (κ3) is 4.02. The van der Waals surface area contributed by atoms with Crippen molar-refractivity contribution in [1.82, 2.24) is 14.9 Å². The topological polar surface area (TPSA) is 35.5 Å². The second kappa shape index (κ2) is 7.15. The molecular weight excluding hydrogens is 374 g/mol. The number of halogens is 1. The largest absolute Gasteiger partial charge is 0.355 e. The van der Waals surface area contributed by atoms with E-state index in [-0.39, 0.29) is 0 Å². The molecule has 7 heteroatoms. The molecule has 1 saturated heterocycles. The van der Waals surface area contributed by atoms with E-state index in [0.29, 0.717) is 6.04 Å². The molecule has 0 amide bonds. The van der Waals surface area contributed by atoms with Gasteiger partial charge in [0, 0.05) is 57.9 Å². The molecule has 0 bridgehead atoms. The number of anilines is 2. The molecule has 0 radical (unpaired) electrons. The summed E-state index contributed by atoms with van der Waals surface area (Å²) in [7, 11) is 6.07. The maximum atomic E-state index is 4.65. The predicted octanol–water partition coefficient (Wildman–Crippen LogP) is 3.08. The standard InChI is InChI=1S/C16H22BrN5S/c1-20(2)16-18-8-6-15(19-16)21(3)12-7-9-22(10-12)11-13-4-5-14(17)23-13/h4-6,8,12H,7,9-11H2,1-3H3. The van der Waals surface area contributed by atoms with Crippen LogP contribution in [0.3, 0.4) is 0 Å². The van der Waals surface area contributed by atoms with Crippen molar-refractivity contribution in [3.63, 3.8) is 0 Å². The minimum Gasteiger partial charge on any atom is -0.355 e. The highest BCUT2D eigenvalue weighted by Gasteiger charge is 2.27. The molecule has 2 aromatic rings. The molecule has 23 heavy (non-hydrogen) atoms. The van der Waals surface area contributed by atoms with Crippen LogP contribution in [-0.2, 0) is 6.54 Å². The van der Waals surface area contributed by atoms with Crippen molar-refractivity contribution in [3.05, 3.63) is 33.1 Å². The summed E-state index contributed by atoms with van der Waals surface area (Å²) in [5.74, 6) is 1.75. The number of likely N-dealkylation sites (N-methyl/N-ethyl adjacent to an activating group) is 1. The second-order valence-electron chi connectivity index (χ2n) is 6.10. The molecule has 0 aliphatic carbocycles. The van der Waals surface area contributed by atoms with E-state index >= 15 is 0 Å². The lowest BCUT2D eigenvalue weighted by molar-refractivity contribution is 0.329. The van der Waals surface area contributed by atoms with Crippen LogP contribution in [0.4, 0.5) is 11.8 Å². The van der Waals surface area contributed by atoms with Gasteiger partial charge in [0.25, 0.3) is 0 Å². The van der Waals surface area contributed by atoms with E-state index in [1.54, 1.807) is 0 Å². The van der Waals surface area contributed by atoms with Crippen LogP contribution in [-0.4, -0.2) is 55.1 Å². The highest BCUT2D eigenvalue weighted by molar-refractivity contribution is 9.11. The molecule has 124 valence electrons. The third-order valence-corrected chi connectivity index (χ3v) is 5.80. The van der Waals surface area contributed by atoms with E-state index in [2.05, 4.69) is 54.9 Å². The van der Waals surface area contributed by atoms with Gasteiger partial charge in [-0.05, 0) is 40.5 Å². The number of hydrogen-bond donors (Lipinski definition) is 0. The summed E-state index contributed by atoms with van der Waals surface area (Å²) in [5, 5.41) is 0. The Morgan fingerprint density at radius 1 is 1.30 bits per heavy atom. The Morgan fingerprint density at radius 2 is 2.13 bits per heavy atom. The van der Waals surface area contributed by atoms with Crippen molar-refractivity contribution in [2.75, 3.05) is 44.0 Å². The van der Waals surface area contributed by atoms with Gasteiger partial charge in [0.2, 0.25) is 5.95 Å². The molecule has 3 heterocycles. The highest BCUT2D eigenvalue weighted by atomic mass is 79.9.